The fraction of sp³-hybridized carbons (Fsp3) is 0.143. The molecule has 2 aromatic heterocycles. The first-order valence-corrected chi connectivity index (χ1v) is 8.93. The zero-order valence-electron chi connectivity index (χ0n) is 15.6. The SMILES string of the molecule is CCC(=O)Nc1cc2c(-c3c[nH]nc3-c3ccccc3)ncnc2cc1OC. The van der Waals surface area contributed by atoms with Gasteiger partial charge in [-0.05, 0) is 6.07 Å². The highest BCUT2D eigenvalue weighted by atomic mass is 16.5. The van der Waals surface area contributed by atoms with E-state index in [0.29, 0.717) is 17.9 Å². The number of carbonyl (C=O) groups is 1. The number of hydrogen-bond donors (Lipinski definition) is 2. The van der Waals surface area contributed by atoms with E-state index in [1.807, 2.05) is 42.6 Å². The molecule has 0 saturated carbocycles. The molecule has 0 spiro atoms. The number of anilines is 1. The molecule has 28 heavy (non-hydrogen) atoms. The summed E-state index contributed by atoms with van der Waals surface area (Å²) >= 11 is 0. The quantitative estimate of drug-likeness (QED) is 0.551. The Bertz CT molecular complexity index is 1140. The Labute approximate surface area is 161 Å². The molecular weight excluding hydrogens is 354 g/mol. The third-order valence-electron chi connectivity index (χ3n) is 4.49. The molecular formula is C21H19N5O2. The van der Waals surface area contributed by atoms with Crippen molar-refractivity contribution in [2.24, 2.45) is 0 Å². The van der Waals surface area contributed by atoms with Gasteiger partial charge in [-0.25, -0.2) is 9.97 Å². The average Bonchev–Trinajstić information content (AvgIpc) is 3.23. The first kappa shape index (κ1) is 17.7. The van der Waals surface area contributed by atoms with Gasteiger partial charge in [0.2, 0.25) is 5.91 Å². The van der Waals surface area contributed by atoms with E-state index in [9.17, 15) is 4.79 Å². The molecule has 0 fully saturated rings. The molecule has 2 N–H and O–H groups in total. The Morgan fingerprint density at radius 1 is 1.14 bits per heavy atom. The second kappa shape index (κ2) is 7.48. The number of ether oxygens (including phenoxy) is 1. The number of amides is 1. The highest BCUT2D eigenvalue weighted by Gasteiger charge is 2.17. The van der Waals surface area contributed by atoms with E-state index in [1.54, 1.807) is 20.1 Å². The Kier molecular flexibility index (Phi) is 4.72. The van der Waals surface area contributed by atoms with Crippen molar-refractivity contribution in [1.29, 1.82) is 0 Å². The second-order valence-electron chi connectivity index (χ2n) is 6.21. The lowest BCUT2D eigenvalue weighted by molar-refractivity contribution is -0.115. The topological polar surface area (TPSA) is 92.8 Å². The van der Waals surface area contributed by atoms with Crippen LogP contribution in [0.3, 0.4) is 0 Å². The van der Waals surface area contributed by atoms with Crippen LogP contribution in [0.15, 0.2) is 55.0 Å². The number of rotatable bonds is 5. The van der Waals surface area contributed by atoms with Crippen molar-refractivity contribution < 1.29 is 9.53 Å². The highest BCUT2D eigenvalue weighted by molar-refractivity contribution is 6.01. The van der Waals surface area contributed by atoms with Crippen LogP contribution in [-0.2, 0) is 4.79 Å². The molecule has 0 atom stereocenters. The summed E-state index contributed by atoms with van der Waals surface area (Å²) in [5.74, 6) is 0.457. The number of nitrogens with one attached hydrogen (secondary N) is 2. The van der Waals surface area contributed by atoms with Crippen LogP contribution in [0, 0.1) is 0 Å². The Morgan fingerprint density at radius 3 is 2.71 bits per heavy atom. The van der Waals surface area contributed by atoms with Gasteiger partial charge in [-0.15, -0.1) is 0 Å². The summed E-state index contributed by atoms with van der Waals surface area (Å²) in [6.45, 7) is 1.80. The lowest BCUT2D eigenvalue weighted by Crippen LogP contribution is -2.10. The fourth-order valence-corrected chi connectivity index (χ4v) is 3.09. The molecule has 2 aromatic carbocycles. The van der Waals surface area contributed by atoms with Gasteiger partial charge in [0.1, 0.15) is 17.8 Å². The minimum atomic E-state index is -0.0932. The van der Waals surface area contributed by atoms with Crippen molar-refractivity contribution in [2.45, 2.75) is 13.3 Å². The lowest BCUT2D eigenvalue weighted by Gasteiger charge is -2.12. The summed E-state index contributed by atoms with van der Waals surface area (Å²) in [6.07, 6.45) is 3.71. The van der Waals surface area contributed by atoms with Gasteiger partial charge in [-0.3, -0.25) is 9.89 Å². The normalized spacial score (nSPS) is 10.8. The molecule has 0 bridgehead atoms. The number of methoxy groups -OCH3 is 1. The first-order valence-electron chi connectivity index (χ1n) is 8.93. The van der Waals surface area contributed by atoms with Crippen molar-refractivity contribution in [1.82, 2.24) is 20.2 Å². The van der Waals surface area contributed by atoms with E-state index < -0.39 is 0 Å². The van der Waals surface area contributed by atoms with Gasteiger partial charge in [0.15, 0.2) is 0 Å². The Morgan fingerprint density at radius 2 is 1.96 bits per heavy atom. The van der Waals surface area contributed by atoms with Gasteiger partial charge in [0, 0.05) is 35.2 Å². The van der Waals surface area contributed by atoms with Gasteiger partial charge in [-0.2, -0.15) is 5.10 Å². The largest absolute Gasteiger partial charge is 0.494 e. The third kappa shape index (κ3) is 3.18. The second-order valence-corrected chi connectivity index (χ2v) is 6.21. The number of aromatic amines is 1. The van der Waals surface area contributed by atoms with E-state index in [-0.39, 0.29) is 5.91 Å². The van der Waals surface area contributed by atoms with Crippen LogP contribution in [0.4, 0.5) is 5.69 Å². The average molecular weight is 373 g/mol. The van der Waals surface area contributed by atoms with E-state index in [4.69, 9.17) is 4.74 Å². The molecule has 2 heterocycles. The summed E-state index contributed by atoms with van der Waals surface area (Å²) < 4.78 is 5.43. The predicted octanol–water partition coefficient (Wildman–Crippen LogP) is 4.04. The van der Waals surface area contributed by atoms with E-state index >= 15 is 0 Å². The molecule has 0 aliphatic carbocycles. The van der Waals surface area contributed by atoms with Crippen LogP contribution in [0.5, 0.6) is 5.75 Å². The van der Waals surface area contributed by atoms with Crippen molar-refractivity contribution in [3.63, 3.8) is 0 Å². The predicted molar refractivity (Wildman–Crippen MR) is 108 cm³/mol. The molecule has 0 unspecified atom stereocenters. The van der Waals surface area contributed by atoms with E-state index in [2.05, 4.69) is 25.5 Å². The van der Waals surface area contributed by atoms with Gasteiger partial charge in [0.25, 0.3) is 0 Å². The molecule has 0 aliphatic rings. The molecule has 7 heteroatoms. The van der Waals surface area contributed by atoms with Gasteiger partial charge >= 0.3 is 0 Å². The Balaban J connectivity index is 1.91. The number of fused-ring (bicyclic) bond motifs is 1. The summed E-state index contributed by atoms with van der Waals surface area (Å²) in [6, 6.07) is 13.5. The van der Waals surface area contributed by atoms with Crippen molar-refractivity contribution in [2.75, 3.05) is 12.4 Å². The molecule has 4 rings (SSSR count). The van der Waals surface area contributed by atoms with Crippen LogP contribution in [0.2, 0.25) is 0 Å². The van der Waals surface area contributed by atoms with Gasteiger partial charge in [-0.1, -0.05) is 37.3 Å². The fourth-order valence-electron chi connectivity index (χ4n) is 3.09. The minimum Gasteiger partial charge on any atom is -0.494 e. The summed E-state index contributed by atoms with van der Waals surface area (Å²) in [7, 11) is 1.56. The van der Waals surface area contributed by atoms with Crippen LogP contribution >= 0.6 is 0 Å². The number of benzene rings is 2. The Hall–Kier alpha value is -3.74. The molecule has 0 radical (unpaired) electrons. The molecule has 0 aliphatic heterocycles. The maximum atomic E-state index is 11.9. The number of aromatic nitrogens is 4. The number of nitrogens with zero attached hydrogens (tertiary/aromatic N) is 3. The molecule has 140 valence electrons. The monoisotopic (exact) mass is 373 g/mol. The molecule has 0 saturated heterocycles. The maximum absolute atomic E-state index is 11.9. The van der Waals surface area contributed by atoms with Crippen molar-refractivity contribution in [3.05, 3.63) is 55.0 Å². The molecule has 1 amide bonds. The van der Waals surface area contributed by atoms with Crippen LogP contribution in [0.25, 0.3) is 33.4 Å². The number of carbonyl (C=O) groups excluding carboxylic acids is 1. The van der Waals surface area contributed by atoms with Crippen molar-refractivity contribution >= 4 is 22.5 Å². The summed E-state index contributed by atoms with van der Waals surface area (Å²) in [5.41, 5.74) is 4.68. The zero-order chi connectivity index (χ0) is 19.5. The molecule has 4 aromatic rings. The minimum absolute atomic E-state index is 0.0932. The first-order chi connectivity index (χ1) is 13.7. The number of hydrogen-bond acceptors (Lipinski definition) is 5. The maximum Gasteiger partial charge on any atom is 0.224 e. The van der Waals surface area contributed by atoms with Gasteiger partial charge < -0.3 is 10.1 Å². The highest BCUT2D eigenvalue weighted by Crippen LogP contribution is 2.36. The lowest BCUT2D eigenvalue weighted by atomic mass is 10.0. The van der Waals surface area contributed by atoms with Crippen LogP contribution in [0.1, 0.15) is 13.3 Å². The standard InChI is InChI=1S/C21H19N5O2/c1-3-19(27)25-17-9-14-16(10-18(17)28-2)22-12-23-21(14)15-11-24-26-20(15)13-7-5-4-6-8-13/h4-12H,3H2,1-2H3,(H,24,26)(H,25,27). The summed E-state index contributed by atoms with van der Waals surface area (Å²) in [5, 5.41) is 11.0. The molecule has 7 nitrogen and oxygen atoms in total. The third-order valence-corrected chi connectivity index (χ3v) is 4.49. The van der Waals surface area contributed by atoms with Gasteiger partial charge in [0.05, 0.1) is 24.0 Å². The van der Waals surface area contributed by atoms with Crippen LogP contribution in [-0.4, -0.2) is 33.2 Å². The van der Waals surface area contributed by atoms with E-state index in [0.717, 1.165) is 33.4 Å². The van der Waals surface area contributed by atoms with E-state index in [1.165, 1.54) is 6.33 Å². The van der Waals surface area contributed by atoms with Crippen LogP contribution < -0.4 is 10.1 Å². The van der Waals surface area contributed by atoms with Crippen molar-refractivity contribution in [3.8, 4) is 28.3 Å². The zero-order valence-corrected chi connectivity index (χ0v) is 15.6. The smallest absolute Gasteiger partial charge is 0.224 e. The number of H-pyrrole nitrogens is 1. The summed E-state index contributed by atoms with van der Waals surface area (Å²) in [4.78, 5) is 20.8.